The lowest BCUT2D eigenvalue weighted by Crippen LogP contribution is -2.04. The topological polar surface area (TPSA) is 83.8 Å². The van der Waals surface area contributed by atoms with E-state index in [4.69, 9.17) is 0 Å². The highest BCUT2D eigenvalue weighted by molar-refractivity contribution is 5.61. The van der Waals surface area contributed by atoms with Gasteiger partial charge in [-0.25, -0.2) is 4.39 Å². The van der Waals surface area contributed by atoms with Gasteiger partial charge in [-0.3, -0.25) is 15.2 Å². The zero-order chi connectivity index (χ0) is 14.0. The second-order valence-corrected chi connectivity index (χ2v) is 4.18. The second-order valence-electron chi connectivity index (χ2n) is 4.18. The van der Waals surface area contributed by atoms with Crippen molar-refractivity contribution in [3.63, 3.8) is 0 Å². The molecular formula is C12H13FN4O2. The van der Waals surface area contributed by atoms with E-state index in [9.17, 15) is 14.5 Å². The van der Waals surface area contributed by atoms with Crippen LogP contribution in [-0.2, 0) is 6.54 Å². The molecule has 0 atom stereocenters. The van der Waals surface area contributed by atoms with E-state index in [0.29, 0.717) is 6.54 Å². The van der Waals surface area contributed by atoms with Crippen LogP contribution in [0.1, 0.15) is 17.0 Å². The summed E-state index contributed by atoms with van der Waals surface area (Å²) in [6.07, 6.45) is 0. The molecule has 0 saturated heterocycles. The van der Waals surface area contributed by atoms with Gasteiger partial charge >= 0.3 is 0 Å². The van der Waals surface area contributed by atoms with Crippen LogP contribution in [0.25, 0.3) is 0 Å². The van der Waals surface area contributed by atoms with E-state index in [1.807, 2.05) is 13.8 Å². The molecule has 19 heavy (non-hydrogen) atoms. The molecule has 1 aromatic heterocycles. The third-order valence-electron chi connectivity index (χ3n) is 2.89. The smallest absolute Gasteiger partial charge is 0.292 e. The largest absolute Gasteiger partial charge is 0.375 e. The minimum Gasteiger partial charge on any atom is -0.375 e. The van der Waals surface area contributed by atoms with E-state index in [-0.39, 0.29) is 11.4 Å². The summed E-state index contributed by atoms with van der Waals surface area (Å²) in [5.74, 6) is -0.520. The Morgan fingerprint density at radius 3 is 2.79 bits per heavy atom. The van der Waals surface area contributed by atoms with Crippen molar-refractivity contribution in [2.45, 2.75) is 20.4 Å². The molecule has 0 amide bonds. The summed E-state index contributed by atoms with van der Waals surface area (Å²) >= 11 is 0. The van der Waals surface area contributed by atoms with Crippen molar-refractivity contribution in [1.29, 1.82) is 0 Å². The highest BCUT2D eigenvalue weighted by Gasteiger charge is 2.15. The average molecular weight is 264 g/mol. The van der Waals surface area contributed by atoms with E-state index in [0.717, 1.165) is 35.2 Å². The highest BCUT2D eigenvalue weighted by Crippen LogP contribution is 2.25. The third-order valence-corrected chi connectivity index (χ3v) is 2.89. The molecule has 2 rings (SSSR count). The normalized spacial score (nSPS) is 10.5. The summed E-state index contributed by atoms with van der Waals surface area (Å²) in [7, 11) is 0. The number of nitrogens with one attached hydrogen (secondary N) is 2. The summed E-state index contributed by atoms with van der Waals surface area (Å²) < 4.78 is 13.2. The first-order chi connectivity index (χ1) is 8.99. The molecule has 1 aromatic carbocycles. The number of H-pyrrole nitrogens is 1. The van der Waals surface area contributed by atoms with Crippen molar-refractivity contribution < 1.29 is 9.31 Å². The van der Waals surface area contributed by atoms with Gasteiger partial charge in [0, 0.05) is 29.9 Å². The lowest BCUT2D eigenvalue weighted by atomic mass is 10.2. The number of nitro groups is 1. The molecule has 0 radical (unpaired) electrons. The zero-order valence-corrected chi connectivity index (χ0v) is 10.5. The molecule has 0 aliphatic rings. The van der Waals surface area contributed by atoms with Gasteiger partial charge in [-0.2, -0.15) is 5.10 Å². The average Bonchev–Trinajstić information content (AvgIpc) is 2.66. The van der Waals surface area contributed by atoms with Gasteiger partial charge in [0.25, 0.3) is 5.69 Å². The van der Waals surface area contributed by atoms with Gasteiger partial charge in [0.15, 0.2) is 0 Å². The van der Waals surface area contributed by atoms with Gasteiger partial charge in [0.1, 0.15) is 11.5 Å². The maximum atomic E-state index is 13.2. The molecular weight excluding hydrogens is 251 g/mol. The molecule has 0 aliphatic carbocycles. The van der Waals surface area contributed by atoms with E-state index in [1.54, 1.807) is 0 Å². The minimum absolute atomic E-state index is 0.153. The number of aromatic nitrogens is 2. The molecule has 1 heterocycles. The maximum absolute atomic E-state index is 13.2. The van der Waals surface area contributed by atoms with Crippen LogP contribution in [0.5, 0.6) is 0 Å². The number of nitrogens with zero attached hydrogens (tertiary/aromatic N) is 2. The van der Waals surface area contributed by atoms with Crippen molar-refractivity contribution >= 4 is 11.4 Å². The predicted octanol–water partition coefficient (Wildman–Crippen LogP) is 2.69. The fourth-order valence-electron chi connectivity index (χ4n) is 1.83. The van der Waals surface area contributed by atoms with Crippen LogP contribution in [0.2, 0.25) is 0 Å². The van der Waals surface area contributed by atoms with Crippen LogP contribution in [0, 0.1) is 29.8 Å². The molecule has 6 nitrogen and oxygen atoms in total. The summed E-state index contributed by atoms with van der Waals surface area (Å²) in [5.41, 5.74) is 2.61. The Morgan fingerprint density at radius 2 is 2.21 bits per heavy atom. The maximum Gasteiger partial charge on any atom is 0.292 e. The Morgan fingerprint density at radius 1 is 1.47 bits per heavy atom. The third kappa shape index (κ3) is 2.70. The van der Waals surface area contributed by atoms with Crippen LogP contribution in [0.3, 0.4) is 0 Å². The number of aromatic amines is 1. The van der Waals surface area contributed by atoms with Gasteiger partial charge in [-0.15, -0.1) is 0 Å². The fourth-order valence-corrected chi connectivity index (χ4v) is 1.83. The first kappa shape index (κ1) is 13.0. The number of halogens is 1. The summed E-state index contributed by atoms with van der Waals surface area (Å²) in [4.78, 5) is 10.3. The highest BCUT2D eigenvalue weighted by atomic mass is 19.1. The molecule has 0 saturated carbocycles. The van der Waals surface area contributed by atoms with Crippen LogP contribution in [0.4, 0.5) is 15.8 Å². The lowest BCUT2D eigenvalue weighted by Gasteiger charge is -2.07. The molecule has 100 valence electrons. The molecule has 7 heteroatoms. The van der Waals surface area contributed by atoms with Crippen molar-refractivity contribution in [2.24, 2.45) is 0 Å². The SMILES string of the molecule is Cc1n[nH]c(C)c1CNc1cc(F)ccc1[N+](=O)[O-]. The molecule has 0 unspecified atom stereocenters. The molecule has 0 spiro atoms. The molecule has 0 bridgehead atoms. The van der Waals surface area contributed by atoms with E-state index >= 15 is 0 Å². The van der Waals surface area contributed by atoms with Gasteiger partial charge < -0.3 is 5.32 Å². The second kappa shape index (κ2) is 5.05. The van der Waals surface area contributed by atoms with E-state index < -0.39 is 10.7 Å². The zero-order valence-electron chi connectivity index (χ0n) is 10.5. The number of benzene rings is 1. The number of aryl methyl sites for hydroxylation is 2. The summed E-state index contributed by atoms with van der Waals surface area (Å²) in [6, 6.07) is 3.33. The number of hydrogen-bond acceptors (Lipinski definition) is 4. The summed E-state index contributed by atoms with van der Waals surface area (Å²) in [5, 5.41) is 20.6. The van der Waals surface area contributed by atoms with Gasteiger partial charge in [0.05, 0.1) is 10.6 Å². The number of nitro benzene ring substituents is 1. The molecule has 2 aromatic rings. The standard InChI is InChI=1S/C12H13FN4O2/c1-7-10(8(2)16-15-7)6-14-11-5-9(13)3-4-12(11)17(18)19/h3-5,14H,6H2,1-2H3,(H,15,16). The van der Waals surface area contributed by atoms with Crippen molar-refractivity contribution in [3.8, 4) is 0 Å². The Bertz CT molecular complexity index is 605. The fraction of sp³-hybridized carbons (Fsp3) is 0.250. The summed E-state index contributed by atoms with van der Waals surface area (Å²) in [6.45, 7) is 4.04. The molecule has 0 aliphatic heterocycles. The van der Waals surface area contributed by atoms with Gasteiger partial charge in [-0.05, 0) is 19.9 Å². The van der Waals surface area contributed by atoms with Crippen LogP contribution in [0.15, 0.2) is 18.2 Å². The Kier molecular flexibility index (Phi) is 3.46. The number of hydrogen-bond donors (Lipinski definition) is 2. The number of rotatable bonds is 4. The Hall–Kier alpha value is -2.44. The van der Waals surface area contributed by atoms with Crippen molar-refractivity contribution in [2.75, 3.05) is 5.32 Å². The van der Waals surface area contributed by atoms with Crippen LogP contribution >= 0.6 is 0 Å². The van der Waals surface area contributed by atoms with Crippen molar-refractivity contribution in [1.82, 2.24) is 10.2 Å². The predicted molar refractivity (Wildman–Crippen MR) is 68.4 cm³/mol. The Balaban J connectivity index is 2.24. The quantitative estimate of drug-likeness (QED) is 0.656. The van der Waals surface area contributed by atoms with Gasteiger partial charge in [-0.1, -0.05) is 0 Å². The first-order valence-electron chi connectivity index (χ1n) is 5.67. The monoisotopic (exact) mass is 264 g/mol. The Labute approximate surface area is 108 Å². The first-order valence-corrected chi connectivity index (χ1v) is 5.67. The van der Waals surface area contributed by atoms with Crippen LogP contribution in [-0.4, -0.2) is 15.1 Å². The lowest BCUT2D eigenvalue weighted by molar-refractivity contribution is -0.384. The van der Waals surface area contributed by atoms with Crippen molar-refractivity contribution in [3.05, 3.63) is 51.1 Å². The van der Waals surface area contributed by atoms with Gasteiger partial charge in [0.2, 0.25) is 0 Å². The molecule has 2 N–H and O–H groups in total. The van der Waals surface area contributed by atoms with Crippen LogP contribution < -0.4 is 5.32 Å². The van der Waals surface area contributed by atoms with E-state index in [1.165, 1.54) is 0 Å². The number of anilines is 1. The van der Waals surface area contributed by atoms with E-state index in [2.05, 4.69) is 15.5 Å². The molecule has 0 fully saturated rings. The minimum atomic E-state index is -0.545.